The molecule has 10 heteroatoms. The molecule has 5 aromatic rings. The molecule has 2 heterocycles. The van der Waals surface area contributed by atoms with Gasteiger partial charge in [-0.1, -0.05) is 48.5 Å². The number of nitrogens with zero attached hydrogens (tertiary/aromatic N) is 4. The first-order valence-corrected chi connectivity index (χ1v) is 13.1. The fraction of sp³-hybridized carbons (Fsp3) is 0.194. The largest absolute Gasteiger partial charge is 0.462 e. The highest BCUT2D eigenvalue weighted by Crippen LogP contribution is 2.27. The standard InChI is InChI=1S/C31H29F2N5O3/c1-3-41-30(40)24-18-37(17-23-25(32)10-7-11-26(23)33)31-35-28(21-12-14-22(34)15-13-21)27(38(31)29(24)39)19-36(2)16-20-8-5-4-6-9-20/h4-15,18H,3,16-17,19,34H2,1-2H3. The van der Waals surface area contributed by atoms with E-state index in [1.807, 2.05) is 42.3 Å². The SMILES string of the molecule is CCOC(=O)c1cn(Cc2c(F)cccc2F)c2nc(-c3ccc(N)cc3)c(CN(C)Cc3ccccc3)n2c1=O. The zero-order valence-corrected chi connectivity index (χ0v) is 22.7. The van der Waals surface area contributed by atoms with Gasteiger partial charge in [0.2, 0.25) is 5.78 Å². The van der Waals surface area contributed by atoms with E-state index in [0.29, 0.717) is 29.2 Å². The summed E-state index contributed by atoms with van der Waals surface area (Å²) in [6.45, 7) is 2.20. The average molecular weight is 558 g/mol. The Morgan fingerprint density at radius 3 is 2.32 bits per heavy atom. The zero-order valence-electron chi connectivity index (χ0n) is 22.7. The maximum absolute atomic E-state index is 14.7. The first-order valence-electron chi connectivity index (χ1n) is 13.1. The van der Waals surface area contributed by atoms with Crippen molar-refractivity contribution in [3.8, 4) is 11.3 Å². The summed E-state index contributed by atoms with van der Waals surface area (Å²) in [5.41, 5.74) is 8.07. The molecule has 210 valence electrons. The lowest BCUT2D eigenvalue weighted by Crippen LogP contribution is -2.29. The number of hydrogen-bond donors (Lipinski definition) is 1. The van der Waals surface area contributed by atoms with Gasteiger partial charge >= 0.3 is 5.97 Å². The van der Waals surface area contributed by atoms with Crippen molar-refractivity contribution in [1.29, 1.82) is 0 Å². The Labute approximate surface area is 235 Å². The number of carbonyl (C=O) groups is 1. The van der Waals surface area contributed by atoms with Crippen molar-refractivity contribution >= 4 is 17.4 Å². The number of halogens is 2. The molecule has 0 aliphatic carbocycles. The van der Waals surface area contributed by atoms with Crippen LogP contribution in [0.2, 0.25) is 0 Å². The van der Waals surface area contributed by atoms with Gasteiger partial charge in [-0.25, -0.2) is 23.0 Å². The van der Waals surface area contributed by atoms with Gasteiger partial charge in [-0.15, -0.1) is 0 Å². The summed E-state index contributed by atoms with van der Waals surface area (Å²) in [5, 5.41) is 0. The normalized spacial score (nSPS) is 11.3. The third-order valence-corrected chi connectivity index (χ3v) is 6.72. The first-order chi connectivity index (χ1) is 19.8. The smallest absolute Gasteiger partial charge is 0.345 e. The molecule has 0 unspecified atom stereocenters. The van der Waals surface area contributed by atoms with Crippen molar-refractivity contribution in [1.82, 2.24) is 18.9 Å². The fourth-order valence-electron chi connectivity index (χ4n) is 4.78. The molecule has 2 N–H and O–H groups in total. The molecule has 0 radical (unpaired) electrons. The molecule has 0 aliphatic rings. The van der Waals surface area contributed by atoms with Gasteiger partial charge in [0, 0.05) is 36.1 Å². The lowest BCUT2D eigenvalue weighted by atomic mass is 10.1. The fourth-order valence-corrected chi connectivity index (χ4v) is 4.78. The number of esters is 1. The molecule has 0 saturated carbocycles. The second kappa shape index (κ2) is 11.7. The van der Waals surface area contributed by atoms with E-state index in [2.05, 4.69) is 0 Å². The highest BCUT2D eigenvalue weighted by Gasteiger charge is 2.25. The highest BCUT2D eigenvalue weighted by atomic mass is 19.1. The predicted octanol–water partition coefficient (Wildman–Crippen LogP) is 4.88. The number of imidazole rings is 1. The lowest BCUT2D eigenvalue weighted by Gasteiger charge is -2.18. The minimum absolute atomic E-state index is 0.0472. The zero-order chi connectivity index (χ0) is 29.1. The van der Waals surface area contributed by atoms with Crippen LogP contribution in [0.15, 0.2) is 83.8 Å². The van der Waals surface area contributed by atoms with Crippen molar-refractivity contribution in [2.24, 2.45) is 0 Å². The Bertz CT molecular complexity index is 1750. The molecular formula is C31H29F2N5O3. The van der Waals surface area contributed by atoms with Crippen LogP contribution < -0.4 is 11.3 Å². The Kier molecular flexibility index (Phi) is 7.93. The second-order valence-corrected chi connectivity index (χ2v) is 9.72. The van der Waals surface area contributed by atoms with Gasteiger partial charge in [0.1, 0.15) is 17.2 Å². The van der Waals surface area contributed by atoms with Gasteiger partial charge in [-0.3, -0.25) is 9.69 Å². The van der Waals surface area contributed by atoms with Crippen LogP contribution in [0.4, 0.5) is 14.5 Å². The van der Waals surface area contributed by atoms with E-state index in [0.717, 1.165) is 17.7 Å². The first kappa shape index (κ1) is 27.7. The predicted molar refractivity (Wildman–Crippen MR) is 152 cm³/mol. The average Bonchev–Trinajstić information content (AvgIpc) is 3.32. The summed E-state index contributed by atoms with van der Waals surface area (Å²) in [7, 11) is 1.90. The molecule has 0 aliphatic heterocycles. The summed E-state index contributed by atoms with van der Waals surface area (Å²) < 4.78 is 37.3. The lowest BCUT2D eigenvalue weighted by molar-refractivity contribution is 0.0523. The molecule has 0 amide bonds. The Morgan fingerprint density at radius 1 is 0.976 bits per heavy atom. The number of anilines is 1. The van der Waals surface area contributed by atoms with Crippen LogP contribution in [0.3, 0.4) is 0 Å². The molecule has 41 heavy (non-hydrogen) atoms. The van der Waals surface area contributed by atoms with E-state index in [9.17, 15) is 18.4 Å². The van der Waals surface area contributed by atoms with Crippen molar-refractivity contribution in [3.63, 3.8) is 0 Å². The van der Waals surface area contributed by atoms with Crippen molar-refractivity contribution < 1.29 is 18.3 Å². The van der Waals surface area contributed by atoms with Crippen LogP contribution in [-0.2, 0) is 24.4 Å². The van der Waals surface area contributed by atoms with Crippen LogP contribution in [0.1, 0.15) is 34.1 Å². The molecular weight excluding hydrogens is 528 g/mol. The maximum Gasteiger partial charge on any atom is 0.345 e. The van der Waals surface area contributed by atoms with E-state index in [1.54, 1.807) is 31.2 Å². The highest BCUT2D eigenvalue weighted by molar-refractivity contribution is 5.89. The number of carbonyl (C=O) groups excluding carboxylic acids is 1. The van der Waals surface area contributed by atoms with Crippen molar-refractivity contribution in [3.05, 3.63) is 123 Å². The van der Waals surface area contributed by atoms with E-state index in [1.165, 1.54) is 21.2 Å². The van der Waals surface area contributed by atoms with Crippen LogP contribution in [0.25, 0.3) is 17.0 Å². The third-order valence-electron chi connectivity index (χ3n) is 6.72. The van der Waals surface area contributed by atoms with Crippen molar-refractivity contribution in [2.75, 3.05) is 19.4 Å². The van der Waals surface area contributed by atoms with Crippen LogP contribution in [0.5, 0.6) is 0 Å². The molecule has 8 nitrogen and oxygen atoms in total. The molecule has 2 aromatic heterocycles. The summed E-state index contributed by atoms with van der Waals surface area (Å²) >= 11 is 0. The topological polar surface area (TPSA) is 94.9 Å². The van der Waals surface area contributed by atoms with Gasteiger partial charge in [0.25, 0.3) is 5.56 Å². The van der Waals surface area contributed by atoms with Gasteiger partial charge in [0.05, 0.1) is 24.5 Å². The van der Waals surface area contributed by atoms with E-state index in [4.69, 9.17) is 15.5 Å². The number of benzene rings is 3. The van der Waals surface area contributed by atoms with Crippen LogP contribution in [-0.4, -0.2) is 38.5 Å². The molecule has 3 aromatic carbocycles. The monoisotopic (exact) mass is 557 g/mol. The summed E-state index contributed by atoms with van der Waals surface area (Å²) in [4.78, 5) is 33.6. The molecule has 0 atom stereocenters. The van der Waals surface area contributed by atoms with Crippen LogP contribution in [0, 0.1) is 11.6 Å². The Balaban J connectivity index is 1.74. The van der Waals surface area contributed by atoms with E-state index >= 15 is 0 Å². The molecule has 0 saturated heterocycles. The quantitative estimate of drug-likeness (QED) is 0.205. The number of ether oxygens (including phenoxy) is 1. The number of nitrogen functional groups attached to an aromatic ring is 1. The summed E-state index contributed by atoms with van der Waals surface area (Å²) in [6.07, 6.45) is 1.25. The van der Waals surface area contributed by atoms with Gasteiger partial charge in [0.15, 0.2) is 0 Å². The van der Waals surface area contributed by atoms with Gasteiger partial charge in [-0.05, 0) is 43.8 Å². The minimum Gasteiger partial charge on any atom is -0.462 e. The van der Waals surface area contributed by atoms with Crippen LogP contribution >= 0.6 is 0 Å². The number of fused-ring (bicyclic) bond motifs is 1. The summed E-state index contributed by atoms with van der Waals surface area (Å²) in [6, 6.07) is 20.4. The molecule has 0 spiro atoms. The number of rotatable bonds is 9. The van der Waals surface area contributed by atoms with E-state index < -0.39 is 23.2 Å². The van der Waals surface area contributed by atoms with Gasteiger partial charge < -0.3 is 15.0 Å². The Hall–Kier alpha value is -4.83. The Morgan fingerprint density at radius 2 is 1.66 bits per heavy atom. The number of hydrogen-bond acceptors (Lipinski definition) is 6. The molecule has 5 rings (SSSR count). The maximum atomic E-state index is 14.7. The number of aromatic nitrogens is 3. The summed E-state index contributed by atoms with van der Waals surface area (Å²) in [5.74, 6) is -2.23. The third kappa shape index (κ3) is 5.73. The number of nitrogens with two attached hydrogens (primary N) is 1. The van der Waals surface area contributed by atoms with Crippen molar-refractivity contribution in [2.45, 2.75) is 26.6 Å². The minimum atomic E-state index is -0.839. The second-order valence-electron chi connectivity index (χ2n) is 9.72. The molecule has 0 bridgehead atoms. The van der Waals surface area contributed by atoms with Gasteiger partial charge in [-0.2, -0.15) is 0 Å². The molecule has 0 fully saturated rings. The van der Waals surface area contributed by atoms with E-state index in [-0.39, 0.29) is 36.6 Å².